The number of amides is 2. The summed E-state index contributed by atoms with van der Waals surface area (Å²) in [6.07, 6.45) is -2.06. The van der Waals surface area contributed by atoms with Crippen molar-refractivity contribution >= 4 is 33.3 Å². The lowest BCUT2D eigenvalue weighted by atomic mass is 10.1. The van der Waals surface area contributed by atoms with Crippen LogP contribution in [0, 0.1) is 0 Å². The lowest BCUT2D eigenvalue weighted by Crippen LogP contribution is -2.25. The molecule has 0 aliphatic carbocycles. The predicted octanol–water partition coefficient (Wildman–Crippen LogP) is 4.82. The number of nitrogens with one attached hydrogen (secondary N) is 2. The number of methoxy groups -OCH3 is 1. The second-order valence-corrected chi connectivity index (χ2v) is 7.14. The first kappa shape index (κ1) is 20.0. The molecule has 3 aromatic rings. The minimum atomic E-state index is -3.72. The molecular formula is C19H15BrF2N4O4. The smallest absolute Gasteiger partial charge is 0.496 e. The van der Waals surface area contributed by atoms with Gasteiger partial charge in [0, 0.05) is 30.1 Å². The van der Waals surface area contributed by atoms with Crippen LogP contribution in [0.3, 0.4) is 0 Å². The number of rotatable bonds is 4. The maximum Gasteiger partial charge on any atom is 0.586 e. The third-order valence-electron chi connectivity index (χ3n) is 4.27. The second kappa shape index (κ2) is 7.48. The highest BCUT2D eigenvalue weighted by atomic mass is 79.9. The molecule has 8 nitrogen and oxygen atoms in total. The average molecular weight is 481 g/mol. The molecule has 1 aliphatic rings. The van der Waals surface area contributed by atoms with Gasteiger partial charge in [-0.15, -0.1) is 8.78 Å². The van der Waals surface area contributed by atoms with E-state index >= 15 is 0 Å². The lowest BCUT2D eigenvalue weighted by Gasteiger charge is -2.13. The molecule has 4 rings (SSSR count). The Kier molecular flexibility index (Phi) is 4.98. The number of anilines is 2. The number of carbonyl (C=O) groups is 1. The van der Waals surface area contributed by atoms with Gasteiger partial charge < -0.3 is 24.8 Å². The van der Waals surface area contributed by atoms with E-state index in [-0.39, 0.29) is 17.2 Å². The highest BCUT2D eigenvalue weighted by Crippen LogP contribution is 2.42. The van der Waals surface area contributed by atoms with Crippen LogP contribution in [0.5, 0.6) is 17.2 Å². The number of halogens is 3. The number of aromatic nitrogens is 2. The molecule has 2 aromatic carbocycles. The first-order valence-corrected chi connectivity index (χ1v) is 9.39. The van der Waals surface area contributed by atoms with Crippen molar-refractivity contribution in [2.24, 2.45) is 7.05 Å². The number of urea groups is 1. The van der Waals surface area contributed by atoms with Gasteiger partial charge in [0.15, 0.2) is 11.5 Å². The summed E-state index contributed by atoms with van der Waals surface area (Å²) >= 11 is 3.46. The summed E-state index contributed by atoms with van der Waals surface area (Å²) in [6.45, 7) is 0. The minimum Gasteiger partial charge on any atom is -0.496 e. The lowest BCUT2D eigenvalue weighted by molar-refractivity contribution is -0.286. The zero-order valence-electron chi connectivity index (χ0n) is 15.7. The SMILES string of the molecule is COc1ccc(NC(=O)Nc2ccc3c(c2)OC(F)(F)O3)cc1-c1c(Br)cnn1C. The van der Waals surface area contributed by atoms with Crippen molar-refractivity contribution in [2.75, 3.05) is 17.7 Å². The Bertz CT molecular complexity index is 1120. The maximum atomic E-state index is 13.1. The van der Waals surface area contributed by atoms with Crippen LogP contribution < -0.4 is 24.8 Å². The monoisotopic (exact) mass is 480 g/mol. The van der Waals surface area contributed by atoms with Gasteiger partial charge in [-0.1, -0.05) is 0 Å². The third-order valence-corrected chi connectivity index (χ3v) is 4.85. The van der Waals surface area contributed by atoms with E-state index in [0.717, 1.165) is 10.2 Å². The van der Waals surface area contributed by atoms with Gasteiger partial charge in [-0.25, -0.2) is 4.79 Å². The van der Waals surface area contributed by atoms with Gasteiger partial charge in [0.1, 0.15) is 5.75 Å². The fraction of sp³-hybridized carbons (Fsp3) is 0.158. The highest BCUT2D eigenvalue weighted by molar-refractivity contribution is 9.10. The van der Waals surface area contributed by atoms with Crippen molar-refractivity contribution in [3.05, 3.63) is 47.1 Å². The number of hydrogen-bond acceptors (Lipinski definition) is 5. The van der Waals surface area contributed by atoms with Crippen molar-refractivity contribution in [1.82, 2.24) is 9.78 Å². The molecule has 1 aromatic heterocycles. The number of aryl methyl sites for hydroxylation is 1. The number of nitrogens with zero attached hydrogens (tertiary/aromatic N) is 2. The van der Waals surface area contributed by atoms with Gasteiger partial charge in [0.05, 0.1) is 23.5 Å². The Morgan fingerprint density at radius 1 is 1.13 bits per heavy atom. The standard InChI is InChI=1S/C19H15BrF2N4O4/c1-26-17(13(20)9-23-26)12-7-10(3-5-14(12)28-2)24-18(27)25-11-4-6-15-16(8-11)30-19(21,22)29-15/h3-9H,1-2H3,(H2,24,25,27). The molecule has 2 heterocycles. The summed E-state index contributed by atoms with van der Waals surface area (Å²) in [5, 5.41) is 9.45. The summed E-state index contributed by atoms with van der Waals surface area (Å²) in [4.78, 5) is 12.4. The fourth-order valence-corrected chi connectivity index (χ4v) is 3.57. The van der Waals surface area contributed by atoms with Gasteiger partial charge >= 0.3 is 12.3 Å². The number of ether oxygens (including phenoxy) is 3. The van der Waals surface area contributed by atoms with Gasteiger partial charge in [0.2, 0.25) is 0 Å². The van der Waals surface area contributed by atoms with E-state index < -0.39 is 12.3 Å². The molecule has 156 valence electrons. The molecule has 2 amide bonds. The normalized spacial score (nSPS) is 13.8. The Labute approximate surface area is 177 Å². The van der Waals surface area contributed by atoms with E-state index in [9.17, 15) is 13.6 Å². The van der Waals surface area contributed by atoms with Crippen molar-refractivity contribution < 1.29 is 27.8 Å². The number of hydrogen-bond donors (Lipinski definition) is 2. The number of carbonyl (C=O) groups excluding carboxylic acids is 1. The first-order valence-electron chi connectivity index (χ1n) is 8.59. The predicted molar refractivity (Wildman–Crippen MR) is 108 cm³/mol. The zero-order chi connectivity index (χ0) is 21.5. The molecule has 2 N–H and O–H groups in total. The summed E-state index contributed by atoms with van der Waals surface area (Å²) < 4.78 is 42.8. The molecule has 0 bridgehead atoms. The number of alkyl halides is 2. The van der Waals surface area contributed by atoms with Gasteiger partial charge in [-0.05, 0) is 46.3 Å². The molecule has 0 unspecified atom stereocenters. The summed E-state index contributed by atoms with van der Waals surface area (Å²) in [5.41, 5.74) is 2.24. The molecule has 0 fully saturated rings. The summed E-state index contributed by atoms with van der Waals surface area (Å²) in [7, 11) is 3.33. The molecule has 0 saturated heterocycles. The topological polar surface area (TPSA) is 86.6 Å². The van der Waals surface area contributed by atoms with Gasteiger partial charge in [-0.2, -0.15) is 5.10 Å². The van der Waals surface area contributed by atoms with E-state index in [4.69, 9.17) is 4.74 Å². The first-order chi connectivity index (χ1) is 14.3. The minimum absolute atomic E-state index is 0.104. The molecular weight excluding hydrogens is 466 g/mol. The van der Waals surface area contributed by atoms with Gasteiger partial charge in [0.25, 0.3) is 0 Å². The van der Waals surface area contributed by atoms with Crippen LogP contribution in [-0.2, 0) is 7.05 Å². The van der Waals surface area contributed by atoms with Crippen LogP contribution in [0.25, 0.3) is 11.3 Å². The largest absolute Gasteiger partial charge is 0.586 e. The van der Waals surface area contributed by atoms with Crippen LogP contribution in [-0.4, -0.2) is 29.2 Å². The Morgan fingerprint density at radius 3 is 2.47 bits per heavy atom. The van der Waals surface area contributed by atoms with Crippen LogP contribution in [0.2, 0.25) is 0 Å². The third kappa shape index (κ3) is 3.88. The van der Waals surface area contributed by atoms with E-state index in [0.29, 0.717) is 17.0 Å². The fourth-order valence-electron chi connectivity index (χ4n) is 3.00. The van der Waals surface area contributed by atoms with E-state index in [1.54, 1.807) is 43.2 Å². The summed E-state index contributed by atoms with van der Waals surface area (Å²) in [5.74, 6) is 0.333. The number of fused-ring (bicyclic) bond motifs is 1. The Hall–Kier alpha value is -3.34. The second-order valence-electron chi connectivity index (χ2n) is 6.29. The quantitative estimate of drug-likeness (QED) is 0.558. The van der Waals surface area contributed by atoms with Crippen molar-refractivity contribution in [2.45, 2.75) is 6.29 Å². The molecule has 11 heteroatoms. The van der Waals surface area contributed by atoms with Crippen LogP contribution in [0.1, 0.15) is 0 Å². The van der Waals surface area contributed by atoms with E-state index in [1.807, 2.05) is 0 Å². The molecule has 0 saturated carbocycles. The molecule has 30 heavy (non-hydrogen) atoms. The van der Waals surface area contributed by atoms with Crippen LogP contribution in [0.15, 0.2) is 47.1 Å². The molecule has 0 spiro atoms. The number of benzene rings is 2. The van der Waals surface area contributed by atoms with Crippen molar-refractivity contribution in [1.29, 1.82) is 0 Å². The molecule has 0 atom stereocenters. The van der Waals surface area contributed by atoms with Crippen LogP contribution in [0.4, 0.5) is 25.0 Å². The Morgan fingerprint density at radius 2 is 1.80 bits per heavy atom. The molecule has 1 aliphatic heterocycles. The van der Waals surface area contributed by atoms with Gasteiger partial charge in [-0.3, -0.25) is 4.68 Å². The highest BCUT2D eigenvalue weighted by Gasteiger charge is 2.43. The van der Waals surface area contributed by atoms with E-state index in [1.165, 1.54) is 18.2 Å². The summed E-state index contributed by atoms with van der Waals surface area (Å²) in [6, 6.07) is 8.52. The van der Waals surface area contributed by atoms with E-state index in [2.05, 4.69) is 41.1 Å². The zero-order valence-corrected chi connectivity index (χ0v) is 17.3. The average Bonchev–Trinajstić information content (AvgIpc) is 3.17. The maximum absolute atomic E-state index is 13.1. The Balaban J connectivity index is 1.53. The van der Waals surface area contributed by atoms with Crippen molar-refractivity contribution in [3.8, 4) is 28.5 Å². The van der Waals surface area contributed by atoms with Crippen LogP contribution >= 0.6 is 15.9 Å². The molecule has 0 radical (unpaired) electrons. The van der Waals surface area contributed by atoms with Crippen molar-refractivity contribution in [3.63, 3.8) is 0 Å².